The van der Waals surface area contributed by atoms with Crippen molar-refractivity contribution in [3.63, 3.8) is 0 Å². The molecule has 0 radical (unpaired) electrons. The Morgan fingerprint density at radius 1 is 1.26 bits per heavy atom. The zero-order chi connectivity index (χ0) is 14.4. The molecule has 1 amide bonds. The molecule has 19 heavy (non-hydrogen) atoms. The van der Waals surface area contributed by atoms with Crippen molar-refractivity contribution in [2.75, 3.05) is 13.2 Å². The summed E-state index contributed by atoms with van der Waals surface area (Å²) in [4.78, 5) is 33.6. The van der Waals surface area contributed by atoms with E-state index in [0.717, 1.165) is 12.1 Å². The van der Waals surface area contributed by atoms with E-state index >= 15 is 0 Å². The summed E-state index contributed by atoms with van der Waals surface area (Å²) in [6.45, 7) is 0.956. The average molecular weight is 271 g/mol. The SMILES string of the molecule is CCOC(=O)C(=O)NCC(=O)c1ccc(F)cc1F. The fraction of sp³-hybridized carbons (Fsp3) is 0.250. The molecule has 1 rings (SSSR count). The molecule has 0 aliphatic rings. The van der Waals surface area contributed by atoms with Crippen molar-refractivity contribution in [2.45, 2.75) is 6.92 Å². The predicted octanol–water partition coefficient (Wildman–Crippen LogP) is 0.827. The van der Waals surface area contributed by atoms with E-state index in [-0.39, 0.29) is 12.2 Å². The summed E-state index contributed by atoms with van der Waals surface area (Å²) in [6.07, 6.45) is 0. The van der Waals surface area contributed by atoms with E-state index < -0.39 is 35.8 Å². The monoisotopic (exact) mass is 271 g/mol. The van der Waals surface area contributed by atoms with Crippen LogP contribution in [0.2, 0.25) is 0 Å². The van der Waals surface area contributed by atoms with Gasteiger partial charge in [0.2, 0.25) is 0 Å². The van der Waals surface area contributed by atoms with Gasteiger partial charge in [-0.05, 0) is 19.1 Å². The molecule has 0 spiro atoms. The number of ketones is 1. The normalized spacial score (nSPS) is 9.84. The summed E-state index contributed by atoms with van der Waals surface area (Å²) in [5, 5.41) is 1.98. The number of rotatable bonds is 4. The minimum atomic E-state index is -1.13. The summed E-state index contributed by atoms with van der Waals surface area (Å²) in [7, 11) is 0. The predicted molar refractivity (Wildman–Crippen MR) is 60.3 cm³/mol. The van der Waals surface area contributed by atoms with Crippen molar-refractivity contribution in [1.82, 2.24) is 5.32 Å². The molecule has 0 aliphatic carbocycles. The highest BCUT2D eigenvalue weighted by atomic mass is 19.1. The fourth-order valence-electron chi connectivity index (χ4n) is 1.24. The van der Waals surface area contributed by atoms with Crippen LogP contribution in [0.25, 0.3) is 0 Å². The van der Waals surface area contributed by atoms with E-state index in [1.54, 1.807) is 0 Å². The first-order valence-corrected chi connectivity index (χ1v) is 5.39. The zero-order valence-electron chi connectivity index (χ0n) is 10.0. The largest absolute Gasteiger partial charge is 0.459 e. The molecule has 7 heteroatoms. The molecular weight excluding hydrogens is 260 g/mol. The number of carbonyl (C=O) groups is 3. The van der Waals surface area contributed by atoms with Gasteiger partial charge in [0.25, 0.3) is 0 Å². The lowest BCUT2D eigenvalue weighted by molar-refractivity contribution is -0.154. The van der Waals surface area contributed by atoms with Gasteiger partial charge in [-0.25, -0.2) is 13.6 Å². The Morgan fingerprint density at radius 2 is 1.95 bits per heavy atom. The Balaban J connectivity index is 2.61. The van der Waals surface area contributed by atoms with Gasteiger partial charge in [0.05, 0.1) is 18.7 Å². The van der Waals surface area contributed by atoms with Crippen LogP contribution in [0.5, 0.6) is 0 Å². The van der Waals surface area contributed by atoms with Crippen molar-refractivity contribution in [2.24, 2.45) is 0 Å². The van der Waals surface area contributed by atoms with Gasteiger partial charge in [-0.2, -0.15) is 0 Å². The second kappa shape index (κ2) is 6.58. The maximum Gasteiger partial charge on any atom is 0.396 e. The number of ether oxygens (including phenoxy) is 1. The molecule has 1 aromatic rings. The maximum atomic E-state index is 13.2. The van der Waals surface area contributed by atoms with Crippen LogP contribution in [0.4, 0.5) is 8.78 Å². The first-order valence-electron chi connectivity index (χ1n) is 5.39. The Bertz CT molecular complexity index is 516. The third kappa shape index (κ3) is 4.13. The Labute approximate surface area is 107 Å². The smallest absolute Gasteiger partial charge is 0.396 e. The van der Waals surface area contributed by atoms with Crippen LogP contribution in [-0.2, 0) is 14.3 Å². The molecule has 102 valence electrons. The lowest BCUT2D eigenvalue weighted by Gasteiger charge is -2.05. The lowest BCUT2D eigenvalue weighted by atomic mass is 10.1. The van der Waals surface area contributed by atoms with Crippen LogP contribution >= 0.6 is 0 Å². The summed E-state index contributed by atoms with van der Waals surface area (Å²) in [6, 6.07) is 2.44. The standard InChI is InChI=1S/C12H11F2NO4/c1-2-19-12(18)11(17)15-6-10(16)8-4-3-7(13)5-9(8)14/h3-5H,2,6H2,1H3,(H,15,17). The molecule has 0 aromatic heterocycles. The minimum absolute atomic E-state index is 0.0206. The van der Waals surface area contributed by atoms with Gasteiger partial charge >= 0.3 is 11.9 Å². The van der Waals surface area contributed by atoms with Crippen LogP contribution in [0.15, 0.2) is 18.2 Å². The summed E-state index contributed by atoms with van der Waals surface area (Å²) in [5.41, 5.74) is -0.370. The van der Waals surface area contributed by atoms with Gasteiger partial charge in [0.1, 0.15) is 11.6 Å². The highest BCUT2D eigenvalue weighted by molar-refractivity contribution is 6.32. The van der Waals surface area contributed by atoms with E-state index in [1.165, 1.54) is 6.92 Å². The average Bonchev–Trinajstić information content (AvgIpc) is 2.35. The minimum Gasteiger partial charge on any atom is -0.459 e. The zero-order valence-corrected chi connectivity index (χ0v) is 10.0. The Hall–Kier alpha value is -2.31. The molecule has 1 aromatic carbocycles. The van der Waals surface area contributed by atoms with Crippen LogP contribution in [-0.4, -0.2) is 30.8 Å². The van der Waals surface area contributed by atoms with E-state index in [1.807, 2.05) is 5.32 Å². The lowest BCUT2D eigenvalue weighted by Crippen LogP contribution is -2.36. The molecule has 0 saturated carbocycles. The second-order valence-electron chi connectivity index (χ2n) is 3.45. The van der Waals surface area contributed by atoms with E-state index in [9.17, 15) is 23.2 Å². The first-order chi connectivity index (χ1) is 8.95. The molecule has 0 unspecified atom stereocenters. The number of halogens is 2. The third-order valence-corrected chi connectivity index (χ3v) is 2.10. The van der Waals surface area contributed by atoms with Gasteiger partial charge < -0.3 is 10.1 Å². The molecule has 0 bridgehead atoms. The number of nitrogens with one attached hydrogen (secondary N) is 1. The highest BCUT2D eigenvalue weighted by Gasteiger charge is 2.18. The van der Waals surface area contributed by atoms with Crippen LogP contribution < -0.4 is 5.32 Å². The van der Waals surface area contributed by atoms with Crippen molar-refractivity contribution < 1.29 is 27.9 Å². The Morgan fingerprint density at radius 3 is 2.53 bits per heavy atom. The van der Waals surface area contributed by atoms with E-state index in [2.05, 4.69) is 4.74 Å². The molecule has 0 fully saturated rings. The number of hydrogen-bond donors (Lipinski definition) is 1. The fourth-order valence-corrected chi connectivity index (χ4v) is 1.24. The van der Waals surface area contributed by atoms with Gasteiger partial charge in [-0.1, -0.05) is 0 Å². The summed E-state index contributed by atoms with van der Waals surface area (Å²) in [5.74, 6) is -4.86. The quantitative estimate of drug-likeness (QED) is 0.500. The number of benzene rings is 1. The number of esters is 1. The van der Waals surface area contributed by atoms with Gasteiger partial charge in [-0.3, -0.25) is 9.59 Å². The van der Waals surface area contributed by atoms with Crippen molar-refractivity contribution in [3.8, 4) is 0 Å². The number of amides is 1. The number of hydrogen-bond acceptors (Lipinski definition) is 4. The molecule has 0 heterocycles. The van der Waals surface area contributed by atoms with Crippen LogP contribution in [0.3, 0.4) is 0 Å². The molecule has 0 atom stereocenters. The number of carbonyl (C=O) groups excluding carboxylic acids is 3. The molecule has 1 N–H and O–H groups in total. The highest BCUT2D eigenvalue weighted by Crippen LogP contribution is 2.09. The summed E-state index contributed by atoms with van der Waals surface area (Å²) < 4.78 is 30.3. The summed E-state index contributed by atoms with van der Waals surface area (Å²) >= 11 is 0. The van der Waals surface area contributed by atoms with Crippen molar-refractivity contribution in [1.29, 1.82) is 0 Å². The topological polar surface area (TPSA) is 72.5 Å². The van der Waals surface area contributed by atoms with Gasteiger partial charge in [0, 0.05) is 6.07 Å². The van der Waals surface area contributed by atoms with Gasteiger partial charge in [-0.15, -0.1) is 0 Å². The number of Topliss-reactive ketones (excluding diaryl/α,β-unsaturated/α-hetero) is 1. The van der Waals surface area contributed by atoms with Gasteiger partial charge in [0.15, 0.2) is 5.78 Å². The second-order valence-corrected chi connectivity index (χ2v) is 3.45. The van der Waals surface area contributed by atoms with Crippen LogP contribution in [0, 0.1) is 11.6 Å². The maximum absolute atomic E-state index is 13.2. The Kier molecular flexibility index (Phi) is 5.11. The molecule has 0 saturated heterocycles. The molecule has 0 aliphatic heterocycles. The third-order valence-electron chi connectivity index (χ3n) is 2.10. The van der Waals surface area contributed by atoms with Crippen molar-refractivity contribution in [3.05, 3.63) is 35.4 Å². The first kappa shape index (κ1) is 14.7. The molecular formula is C12H11F2NO4. The van der Waals surface area contributed by atoms with Crippen molar-refractivity contribution >= 4 is 17.7 Å². The van der Waals surface area contributed by atoms with E-state index in [4.69, 9.17) is 0 Å². The molecule has 5 nitrogen and oxygen atoms in total. The van der Waals surface area contributed by atoms with Crippen LogP contribution in [0.1, 0.15) is 17.3 Å². The van der Waals surface area contributed by atoms with E-state index in [0.29, 0.717) is 6.07 Å².